The van der Waals surface area contributed by atoms with E-state index < -0.39 is 0 Å². The molecule has 0 aromatic heterocycles. The minimum Gasteiger partial charge on any atom is -0.491 e. The van der Waals surface area contributed by atoms with Crippen molar-refractivity contribution in [3.05, 3.63) is 64.2 Å². The van der Waals surface area contributed by atoms with Gasteiger partial charge in [-0.15, -0.1) is 0 Å². The summed E-state index contributed by atoms with van der Waals surface area (Å²) in [6.07, 6.45) is 0.280. The van der Waals surface area contributed by atoms with Crippen molar-refractivity contribution in [1.82, 2.24) is 9.80 Å². The fourth-order valence-corrected chi connectivity index (χ4v) is 3.84. The third-order valence-electron chi connectivity index (χ3n) is 5.18. The zero-order chi connectivity index (χ0) is 20.2. The molecule has 7 heteroatoms. The van der Waals surface area contributed by atoms with Crippen LogP contribution < -0.4 is 4.74 Å². The minimum absolute atomic E-state index is 0.00799. The molecule has 2 aromatic carbocycles. The van der Waals surface area contributed by atoms with E-state index in [2.05, 4.69) is 0 Å². The topological polar surface area (TPSA) is 59.1 Å². The monoisotopic (exact) mass is 414 g/mol. The normalized spacial score (nSPS) is 16.6. The Morgan fingerprint density at radius 3 is 2.55 bits per heavy atom. The molecule has 29 heavy (non-hydrogen) atoms. The molecule has 0 unspecified atom stereocenters. The van der Waals surface area contributed by atoms with Gasteiger partial charge >= 0.3 is 0 Å². The van der Waals surface area contributed by atoms with Gasteiger partial charge in [0.05, 0.1) is 26.2 Å². The van der Waals surface area contributed by atoms with E-state index in [9.17, 15) is 9.59 Å². The Balaban J connectivity index is 1.49. The zero-order valence-electron chi connectivity index (χ0n) is 16.1. The molecule has 2 heterocycles. The zero-order valence-corrected chi connectivity index (χ0v) is 16.9. The van der Waals surface area contributed by atoms with Crippen LogP contribution in [0.5, 0.6) is 5.75 Å². The second-order valence-electron chi connectivity index (χ2n) is 7.20. The fraction of sp³-hybridized carbons (Fsp3) is 0.364. The van der Waals surface area contributed by atoms with Crippen LogP contribution in [0.4, 0.5) is 0 Å². The van der Waals surface area contributed by atoms with Crippen molar-refractivity contribution < 1.29 is 19.1 Å². The maximum atomic E-state index is 12.8. The average molecular weight is 415 g/mol. The number of carbonyl (C=O) groups is 2. The number of nitrogens with zero attached hydrogens (tertiary/aromatic N) is 2. The number of ether oxygens (including phenoxy) is 2. The number of morpholine rings is 1. The summed E-state index contributed by atoms with van der Waals surface area (Å²) in [7, 11) is 0. The third-order valence-corrected chi connectivity index (χ3v) is 5.42. The van der Waals surface area contributed by atoms with Crippen molar-refractivity contribution in [2.75, 3.05) is 39.5 Å². The van der Waals surface area contributed by atoms with Gasteiger partial charge in [0.2, 0.25) is 5.91 Å². The van der Waals surface area contributed by atoms with Gasteiger partial charge in [0.15, 0.2) is 0 Å². The lowest BCUT2D eigenvalue weighted by atomic mass is 10.1. The maximum Gasteiger partial charge on any atom is 0.254 e. The maximum absolute atomic E-state index is 12.8. The van der Waals surface area contributed by atoms with Gasteiger partial charge in [-0.1, -0.05) is 23.7 Å². The Kier molecular flexibility index (Phi) is 6.02. The highest BCUT2D eigenvalue weighted by atomic mass is 35.5. The van der Waals surface area contributed by atoms with Gasteiger partial charge < -0.3 is 19.3 Å². The van der Waals surface area contributed by atoms with E-state index in [1.54, 1.807) is 28.0 Å². The number of hydrogen-bond donors (Lipinski definition) is 0. The molecule has 0 saturated carbocycles. The molecule has 2 aliphatic rings. The van der Waals surface area contributed by atoms with Gasteiger partial charge in [-0.3, -0.25) is 9.59 Å². The van der Waals surface area contributed by atoms with Gasteiger partial charge in [-0.2, -0.15) is 0 Å². The summed E-state index contributed by atoms with van der Waals surface area (Å²) in [6, 6.07) is 12.8. The Hall–Kier alpha value is -2.57. The third kappa shape index (κ3) is 4.71. The molecular formula is C22H23ClN2O4. The first kappa shape index (κ1) is 19.7. The largest absolute Gasteiger partial charge is 0.491 e. The van der Waals surface area contributed by atoms with E-state index in [4.69, 9.17) is 21.1 Å². The van der Waals surface area contributed by atoms with Crippen LogP contribution in [0.1, 0.15) is 21.5 Å². The predicted octanol–water partition coefficient (Wildman–Crippen LogP) is 2.78. The van der Waals surface area contributed by atoms with Crippen molar-refractivity contribution in [2.45, 2.75) is 13.0 Å². The van der Waals surface area contributed by atoms with Gasteiger partial charge in [-0.05, 0) is 35.9 Å². The van der Waals surface area contributed by atoms with Gasteiger partial charge in [0.25, 0.3) is 5.91 Å². The lowest BCUT2D eigenvalue weighted by Gasteiger charge is -2.27. The van der Waals surface area contributed by atoms with Crippen LogP contribution in [0.15, 0.2) is 42.5 Å². The van der Waals surface area contributed by atoms with Crippen LogP contribution in [0.2, 0.25) is 5.02 Å². The van der Waals surface area contributed by atoms with Crippen molar-refractivity contribution in [3.8, 4) is 5.75 Å². The van der Waals surface area contributed by atoms with Gasteiger partial charge in [0, 0.05) is 35.8 Å². The smallest absolute Gasteiger partial charge is 0.254 e. The SMILES string of the molecule is O=C(Cc1cccc(Cl)c1)N1CCOc2ccc(C(=O)N3CCOCC3)cc2C1. The summed E-state index contributed by atoms with van der Waals surface area (Å²) in [4.78, 5) is 29.2. The van der Waals surface area contributed by atoms with Crippen LogP contribution in [-0.2, 0) is 22.5 Å². The van der Waals surface area contributed by atoms with Crippen LogP contribution >= 0.6 is 11.6 Å². The quantitative estimate of drug-likeness (QED) is 0.775. The summed E-state index contributed by atoms with van der Waals surface area (Å²) in [5.41, 5.74) is 2.34. The number of carbonyl (C=O) groups excluding carboxylic acids is 2. The lowest BCUT2D eigenvalue weighted by Crippen LogP contribution is -2.40. The van der Waals surface area contributed by atoms with E-state index >= 15 is 0 Å². The first-order chi connectivity index (χ1) is 14.1. The van der Waals surface area contributed by atoms with E-state index in [0.29, 0.717) is 56.6 Å². The molecule has 2 aliphatic heterocycles. The number of fused-ring (bicyclic) bond motifs is 1. The number of benzene rings is 2. The highest BCUT2D eigenvalue weighted by Gasteiger charge is 2.23. The summed E-state index contributed by atoms with van der Waals surface area (Å²) in [5.74, 6) is 0.715. The highest BCUT2D eigenvalue weighted by Crippen LogP contribution is 2.26. The van der Waals surface area contributed by atoms with E-state index in [0.717, 1.165) is 16.9 Å². The molecule has 0 radical (unpaired) electrons. The molecule has 0 spiro atoms. The highest BCUT2D eigenvalue weighted by molar-refractivity contribution is 6.30. The molecule has 0 bridgehead atoms. The first-order valence-corrected chi connectivity index (χ1v) is 10.1. The molecule has 1 fully saturated rings. The summed E-state index contributed by atoms with van der Waals surface area (Å²) < 4.78 is 11.1. The van der Waals surface area contributed by atoms with Crippen LogP contribution in [-0.4, -0.2) is 61.1 Å². The molecule has 1 saturated heterocycles. The molecule has 2 amide bonds. The molecule has 0 N–H and O–H groups in total. The molecule has 6 nitrogen and oxygen atoms in total. The van der Waals surface area contributed by atoms with E-state index in [1.807, 2.05) is 24.3 Å². The first-order valence-electron chi connectivity index (χ1n) is 9.75. The molecular weight excluding hydrogens is 392 g/mol. The van der Waals surface area contributed by atoms with Gasteiger partial charge in [0.1, 0.15) is 12.4 Å². The van der Waals surface area contributed by atoms with Crippen LogP contribution in [0.25, 0.3) is 0 Å². The Labute approximate surface area is 174 Å². The number of amides is 2. The Morgan fingerprint density at radius 1 is 0.966 bits per heavy atom. The summed E-state index contributed by atoms with van der Waals surface area (Å²) >= 11 is 6.03. The Morgan fingerprint density at radius 2 is 1.76 bits per heavy atom. The molecule has 4 rings (SSSR count). The molecule has 152 valence electrons. The standard InChI is InChI=1S/C22H23ClN2O4/c23-19-3-1-2-16(12-19)13-21(26)25-8-11-29-20-5-4-17(14-18(20)15-25)22(27)24-6-9-28-10-7-24/h1-5,12,14H,6-11,13,15H2. The number of halogens is 1. The number of rotatable bonds is 3. The van der Waals surface area contributed by atoms with Crippen molar-refractivity contribution in [1.29, 1.82) is 0 Å². The van der Waals surface area contributed by atoms with Gasteiger partial charge in [-0.25, -0.2) is 0 Å². The number of hydrogen-bond acceptors (Lipinski definition) is 4. The predicted molar refractivity (Wildman–Crippen MR) is 109 cm³/mol. The average Bonchev–Trinajstić information content (AvgIpc) is 2.96. The Bertz CT molecular complexity index is 911. The molecule has 0 atom stereocenters. The molecule has 2 aromatic rings. The summed E-state index contributed by atoms with van der Waals surface area (Å²) in [6.45, 7) is 3.65. The van der Waals surface area contributed by atoms with Crippen molar-refractivity contribution >= 4 is 23.4 Å². The van der Waals surface area contributed by atoms with E-state index in [-0.39, 0.29) is 18.2 Å². The van der Waals surface area contributed by atoms with E-state index in [1.165, 1.54) is 0 Å². The fourth-order valence-electron chi connectivity index (χ4n) is 3.62. The van der Waals surface area contributed by atoms with Crippen molar-refractivity contribution in [3.63, 3.8) is 0 Å². The van der Waals surface area contributed by atoms with Crippen LogP contribution in [0, 0.1) is 0 Å². The van der Waals surface area contributed by atoms with Crippen LogP contribution in [0.3, 0.4) is 0 Å². The summed E-state index contributed by atoms with van der Waals surface area (Å²) in [5, 5.41) is 0.617. The van der Waals surface area contributed by atoms with Crippen molar-refractivity contribution in [2.24, 2.45) is 0 Å². The minimum atomic E-state index is -0.0165. The molecule has 0 aliphatic carbocycles. The second kappa shape index (κ2) is 8.84. The lowest BCUT2D eigenvalue weighted by molar-refractivity contribution is -0.131. The second-order valence-corrected chi connectivity index (χ2v) is 7.63.